The maximum absolute atomic E-state index is 5.00. The van der Waals surface area contributed by atoms with Crippen molar-refractivity contribution < 1.29 is 0 Å². The van der Waals surface area contributed by atoms with Gasteiger partial charge < -0.3 is 0 Å². The molecule has 0 aliphatic heterocycles. The second-order valence-corrected chi connectivity index (χ2v) is 12.3. The molecule has 1 heterocycles. The Morgan fingerprint density at radius 3 is 2.30 bits per heavy atom. The number of aryl methyl sites for hydroxylation is 1. The van der Waals surface area contributed by atoms with E-state index >= 15 is 0 Å². The lowest BCUT2D eigenvalue weighted by atomic mass is 10.1. The summed E-state index contributed by atoms with van der Waals surface area (Å²) in [7, 11) is -1.47. The van der Waals surface area contributed by atoms with Crippen molar-refractivity contribution in [3.63, 3.8) is 0 Å². The minimum absolute atomic E-state index is 1.16. The minimum Gasteiger partial charge on any atom is -0.233 e. The molecule has 0 aliphatic rings. The Hall–Kier alpha value is -1.87. The van der Waals surface area contributed by atoms with Crippen LogP contribution in [-0.2, 0) is 6.42 Å². The Balaban J connectivity index is 2.06. The molecule has 2 aromatic carbocycles. The fourth-order valence-corrected chi connectivity index (χ4v) is 4.42. The average molecular weight is 323 g/mol. The van der Waals surface area contributed by atoms with Gasteiger partial charge in [0.05, 0.1) is 16.5 Å². The Labute approximate surface area is 140 Å². The number of rotatable bonds is 5. The standard InChI is InChI=1S/C20H26N2Si/c1-5-6-9-16-12-14-17(15-13-16)22-19-11-8-7-10-18(19)20(21-22)23(2,3)4/h7-8,10-15H,5-6,9H2,1-4H3. The maximum atomic E-state index is 5.00. The topological polar surface area (TPSA) is 17.8 Å². The number of fused-ring (bicyclic) bond motifs is 1. The van der Waals surface area contributed by atoms with Gasteiger partial charge >= 0.3 is 0 Å². The normalized spacial score (nSPS) is 12.0. The quantitative estimate of drug-likeness (QED) is 0.610. The molecule has 3 rings (SSSR count). The first-order valence-electron chi connectivity index (χ1n) is 8.58. The lowest BCUT2D eigenvalue weighted by molar-refractivity contribution is 0.794. The largest absolute Gasteiger partial charge is 0.233 e. The second kappa shape index (κ2) is 6.32. The van der Waals surface area contributed by atoms with Gasteiger partial charge in [0.2, 0.25) is 0 Å². The van der Waals surface area contributed by atoms with Crippen LogP contribution in [0.25, 0.3) is 16.6 Å². The van der Waals surface area contributed by atoms with Gasteiger partial charge in [-0.05, 0) is 36.6 Å². The summed E-state index contributed by atoms with van der Waals surface area (Å²) in [6.07, 6.45) is 3.66. The highest BCUT2D eigenvalue weighted by molar-refractivity contribution is 6.89. The molecule has 0 atom stereocenters. The van der Waals surface area contributed by atoms with Crippen molar-refractivity contribution in [2.45, 2.75) is 45.8 Å². The molecule has 0 aliphatic carbocycles. The SMILES string of the molecule is CCCCc1ccc(-n2nc([Si](C)(C)C)c3ccccc32)cc1. The molecule has 0 N–H and O–H groups in total. The summed E-state index contributed by atoms with van der Waals surface area (Å²) in [5, 5.41) is 7.60. The molecule has 0 amide bonds. The van der Waals surface area contributed by atoms with Gasteiger partial charge in [-0.15, -0.1) is 0 Å². The molecule has 0 bridgehead atoms. The van der Waals surface area contributed by atoms with E-state index in [1.54, 1.807) is 0 Å². The number of unbranched alkanes of at least 4 members (excludes halogenated alkanes) is 1. The van der Waals surface area contributed by atoms with E-state index in [1.807, 2.05) is 0 Å². The highest BCUT2D eigenvalue weighted by atomic mass is 28.3. The van der Waals surface area contributed by atoms with Crippen LogP contribution in [0.2, 0.25) is 19.6 Å². The molecule has 0 unspecified atom stereocenters. The summed E-state index contributed by atoms with van der Waals surface area (Å²) in [6.45, 7) is 9.32. The minimum atomic E-state index is -1.47. The van der Waals surface area contributed by atoms with E-state index in [-0.39, 0.29) is 0 Å². The summed E-state index contributed by atoms with van der Waals surface area (Å²) in [6, 6.07) is 17.5. The Morgan fingerprint density at radius 1 is 0.957 bits per heavy atom. The monoisotopic (exact) mass is 322 g/mol. The number of hydrogen-bond donors (Lipinski definition) is 0. The maximum Gasteiger partial charge on any atom is 0.104 e. The Bertz CT molecular complexity index is 795. The van der Waals surface area contributed by atoms with Gasteiger partial charge in [0, 0.05) is 5.39 Å². The van der Waals surface area contributed by atoms with Crippen molar-refractivity contribution in [3.8, 4) is 5.69 Å². The van der Waals surface area contributed by atoms with Crippen molar-refractivity contribution >= 4 is 24.3 Å². The lowest BCUT2D eigenvalue weighted by Crippen LogP contribution is -2.39. The molecule has 1 aromatic heterocycles. The number of benzene rings is 2. The first kappa shape index (κ1) is 16.0. The van der Waals surface area contributed by atoms with Crippen molar-refractivity contribution in [2.75, 3.05) is 0 Å². The summed E-state index contributed by atoms with van der Waals surface area (Å²) in [5.41, 5.74) is 3.79. The molecule has 23 heavy (non-hydrogen) atoms. The van der Waals surface area contributed by atoms with Gasteiger partial charge in [-0.25, -0.2) is 4.68 Å². The number of aromatic nitrogens is 2. The Morgan fingerprint density at radius 2 is 1.65 bits per heavy atom. The zero-order valence-electron chi connectivity index (χ0n) is 14.6. The van der Waals surface area contributed by atoms with E-state index in [4.69, 9.17) is 5.10 Å². The lowest BCUT2D eigenvalue weighted by Gasteiger charge is -2.12. The Kier molecular flexibility index (Phi) is 4.40. The summed E-state index contributed by atoms with van der Waals surface area (Å²) < 4.78 is 2.12. The predicted octanol–water partition coefficient (Wildman–Crippen LogP) is 4.91. The molecule has 3 aromatic rings. The highest BCUT2D eigenvalue weighted by Gasteiger charge is 2.24. The highest BCUT2D eigenvalue weighted by Crippen LogP contribution is 2.20. The fourth-order valence-electron chi connectivity index (χ4n) is 3.00. The van der Waals surface area contributed by atoms with Gasteiger partial charge in [0.15, 0.2) is 0 Å². The average Bonchev–Trinajstić information content (AvgIpc) is 2.93. The van der Waals surface area contributed by atoms with Gasteiger partial charge in [0.25, 0.3) is 0 Å². The van der Waals surface area contributed by atoms with Crippen LogP contribution in [0.3, 0.4) is 0 Å². The molecule has 0 saturated heterocycles. The molecule has 120 valence electrons. The van der Waals surface area contributed by atoms with E-state index in [0.29, 0.717) is 0 Å². The number of hydrogen-bond acceptors (Lipinski definition) is 1. The number of para-hydroxylation sites is 1. The molecule has 0 saturated carbocycles. The van der Waals surface area contributed by atoms with Crippen LogP contribution in [0.15, 0.2) is 48.5 Å². The summed E-state index contributed by atoms with van der Waals surface area (Å²) >= 11 is 0. The molecule has 0 spiro atoms. The second-order valence-electron chi connectivity index (χ2n) is 7.30. The first-order valence-corrected chi connectivity index (χ1v) is 12.1. The van der Waals surface area contributed by atoms with Gasteiger partial charge in [-0.2, -0.15) is 5.10 Å². The first-order chi connectivity index (χ1) is 11.0. The molecule has 2 nitrogen and oxygen atoms in total. The van der Waals surface area contributed by atoms with Crippen molar-refractivity contribution in [3.05, 3.63) is 54.1 Å². The summed E-state index contributed by atoms with van der Waals surface area (Å²) in [4.78, 5) is 0. The third-order valence-corrected chi connectivity index (χ3v) is 6.09. The van der Waals surface area contributed by atoms with Crippen molar-refractivity contribution in [1.82, 2.24) is 9.78 Å². The van der Waals surface area contributed by atoms with E-state index in [2.05, 4.69) is 79.8 Å². The third-order valence-electron chi connectivity index (χ3n) is 4.30. The zero-order chi connectivity index (χ0) is 16.4. The fraction of sp³-hybridized carbons (Fsp3) is 0.350. The third kappa shape index (κ3) is 3.25. The van der Waals surface area contributed by atoms with Gasteiger partial charge in [0.1, 0.15) is 8.07 Å². The van der Waals surface area contributed by atoms with E-state index in [1.165, 1.54) is 34.6 Å². The van der Waals surface area contributed by atoms with Crippen molar-refractivity contribution in [2.24, 2.45) is 0 Å². The van der Waals surface area contributed by atoms with Crippen LogP contribution >= 0.6 is 0 Å². The van der Waals surface area contributed by atoms with Gasteiger partial charge in [-0.3, -0.25) is 0 Å². The van der Waals surface area contributed by atoms with Crippen LogP contribution in [0.5, 0.6) is 0 Å². The predicted molar refractivity (Wildman–Crippen MR) is 103 cm³/mol. The molecule has 3 heteroatoms. The summed E-state index contributed by atoms with van der Waals surface area (Å²) in [5.74, 6) is 0. The van der Waals surface area contributed by atoms with E-state index in [9.17, 15) is 0 Å². The molecular formula is C20H26N2Si. The van der Waals surface area contributed by atoms with Crippen LogP contribution in [-0.4, -0.2) is 17.9 Å². The number of nitrogens with zero attached hydrogens (tertiary/aromatic N) is 2. The van der Waals surface area contributed by atoms with Crippen LogP contribution in [0.4, 0.5) is 0 Å². The zero-order valence-corrected chi connectivity index (χ0v) is 15.6. The van der Waals surface area contributed by atoms with Gasteiger partial charge in [-0.1, -0.05) is 63.3 Å². The van der Waals surface area contributed by atoms with Crippen LogP contribution < -0.4 is 5.32 Å². The van der Waals surface area contributed by atoms with E-state index < -0.39 is 8.07 Å². The van der Waals surface area contributed by atoms with Crippen LogP contribution in [0, 0.1) is 0 Å². The van der Waals surface area contributed by atoms with E-state index in [0.717, 1.165) is 12.1 Å². The molecule has 0 fully saturated rings. The van der Waals surface area contributed by atoms with Crippen molar-refractivity contribution in [1.29, 1.82) is 0 Å². The van der Waals surface area contributed by atoms with Crippen LogP contribution in [0.1, 0.15) is 25.3 Å². The molecular weight excluding hydrogens is 296 g/mol. The molecule has 0 radical (unpaired) electrons. The smallest absolute Gasteiger partial charge is 0.104 e.